The average molecular weight is 183 g/mol. The van der Waals surface area contributed by atoms with Crippen LogP contribution in [0.2, 0.25) is 0 Å². The summed E-state index contributed by atoms with van der Waals surface area (Å²) in [5.74, 6) is 0.916. The van der Waals surface area contributed by atoms with Crippen molar-refractivity contribution in [3.05, 3.63) is 0 Å². The van der Waals surface area contributed by atoms with E-state index in [4.69, 9.17) is 0 Å². The van der Waals surface area contributed by atoms with E-state index in [1.54, 1.807) is 0 Å². The summed E-state index contributed by atoms with van der Waals surface area (Å²) in [6.07, 6.45) is 4.15. The van der Waals surface area contributed by atoms with Gasteiger partial charge >= 0.3 is 0 Å². The summed E-state index contributed by atoms with van der Waals surface area (Å²) in [4.78, 5) is 2.56. The van der Waals surface area contributed by atoms with E-state index in [0.29, 0.717) is 5.41 Å². The van der Waals surface area contributed by atoms with Gasteiger partial charge in [-0.1, -0.05) is 34.1 Å². The third kappa shape index (κ3) is 2.46. The first-order chi connectivity index (χ1) is 6.15. The molecular weight excluding hydrogens is 158 g/mol. The second-order valence-corrected chi connectivity index (χ2v) is 4.87. The molecular formula is C12H25N. The lowest BCUT2D eigenvalue weighted by Crippen LogP contribution is -2.56. The summed E-state index contributed by atoms with van der Waals surface area (Å²) in [6, 6.07) is 0. The minimum atomic E-state index is 0.686. The summed E-state index contributed by atoms with van der Waals surface area (Å²) < 4.78 is 0. The number of likely N-dealkylation sites (tertiary alicyclic amines) is 1. The molecule has 0 aromatic heterocycles. The molecule has 0 radical (unpaired) electrons. The van der Waals surface area contributed by atoms with Crippen LogP contribution in [-0.2, 0) is 0 Å². The third-order valence-corrected chi connectivity index (χ3v) is 3.79. The van der Waals surface area contributed by atoms with Gasteiger partial charge in [-0.2, -0.15) is 0 Å². The first-order valence-corrected chi connectivity index (χ1v) is 5.88. The fraction of sp³-hybridized carbons (Fsp3) is 1.00. The van der Waals surface area contributed by atoms with Crippen LogP contribution in [0.4, 0.5) is 0 Å². The minimum Gasteiger partial charge on any atom is -0.302 e. The van der Waals surface area contributed by atoms with E-state index >= 15 is 0 Å². The molecule has 1 rings (SSSR count). The Kier molecular flexibility index (Phi) is 3.78. The highest BCUT2D eigenvalue weighted by Crippen LogP contribution is 2.40. The van der Waals surface area contributed by atoms with Crippen LogP contribution in [0.3, 0.4) is 0 Å². The zero-order valence-electron chi connectivity index (χ0n) is 9.77. The predicted molar refractivity (Wildman–Crippen MR) is 58.9 cm³/mol. The van der Waals surface area contributed by atoms with Crippen molar-refractivity contribution >= 4 is 0 Å². The molecule has 13 heavy (non-hydrogen) atoms. The molecule has 0 aliphatic carbocycles. The van der Waals surface area contributed by atoms with Gasteiger partial charge in [0.15, 0.2) is 0 Å². The van der Waals surface area contributed by atoms with E-state index in [1.807, 2.05) is 0 Å². The molecule has 1 aliphatic heterocycles. The lowest BCUT2D eigenvalue weighted by molar-refractivity contribution is -0.0166. The summed E-state index contributed by atoms with van der Waals surface area (Å²) in [5, 5.41) is 0. The Balaban J connectivity index is 2.36. The lowest BCUT2D eigenvalue weighted by atomic mass is 9.71. The van der Waals surface area contributed by atoms with Gasteiger partial charge in [-0.25, -0.2) is 0 Å². The Bertz CT molecular complexity index is 147. The van der Waals surface area contributed by atoms with Crippen LogP contribution in [0.15, 0.2) is 0 Å². The summed E-state index contributed by atoms with van der Waals surface area (Å²) in [5.41, 5.74) is 0.686. The molecule has 0 saturated carbocycles. The topological polar surface area (TPSA) is 3.24 Å². The molecule has 0 bridgehead atoms. The van der Waals surface area contributed by atoms with Crippen LogP contribution < -0.4 is 0 Å². The Labute approximate surface area is 83.5 Å². The molecule has 0 amide bonds. The van der Waals surface area contributed by atoms with E-state index in [2.05, 4.69) is 32.6 Å². The van der Waals surface area contributed by atoms with Gasteiger partial charge in [0, 0.05) is 13.1 Å². The van der Waals surface area contributed by atoms with Gasteiger partial charge in [0.2, 0.25) is 0 Å². The third-order valence-electron chi connectivity index (χ3n) is 3.79. The fourth-order valence-corrected chi connectivity index (χ4v) is 2.51. The van der Waals surface area contributed by atoms with Crippen LogP contribution in [0.25, 0.3) is 0 Å². The average Bonchev–Trinajstić information content (AvgIpc) is 2.10. The molecule has 1 heteroatoms. The van der Waals surface area contributed by atoms with E-state index < -0.39 is 0 Å². The molecule has 1 saturated heterocycles. The monoisotopic (exact) mass is 183 g/mol. The van der Waals surface area contributed by atoms with Crippen molar-refractivity contribution < 1.29 is 0 Å². The molecule has 0 spiro atoms. The van der Waals surface area contributed by atoms with Gasteiger partial charge in [0.1, 0.15) is 0 Å². The molecule has 0 aromatic rings. The Hall–Kier alpha value is -0.0400. The number of hydrogen-bond acceptors (Lipinski definition) is 1. The summed E-state index contributed by atoms with van der Waals surface area (Å²) >= 11 is 0. The molecule has 1 nitrogen and oxygen atoms in total. The van der Waals surface area contributed by atoms with Gasteiger partial charge in [0.25, 0.3) is 0 Å². The standard InChI is InChI=1S/C12H25N/c1-5-11(4)8-12(6-2)9-13(7-3)10-12/h11H,5-10H2,1-4H3. The SMILES string of the molecule is CCC(C)CC1(CC)CN(CC)C1. The van der Waals surface area contributed by atoms with Crippen LogP contribution >= 0.6 is 0 Å². The molecule has 78 valence electrons. The first-order valence-electron chi connectivity index (χ1n) is 5.88. The van der Waals surface area contributed by atoms with E-state index in [0.717, 1.165) is 5.92 Å². The molecule has 0 N–H and O–H groups in total. The Morgan fingerprint density at radius 3 is 2.23 bits per heavy atom. The highest BCUT2D eigenvalue weighted by molar-refractivity contribution is 4.94. The maximum absolute atomic E-state index is 2.56. The first kappa shape index (κ1) is 11.0. The van der Waals surface area contributed by atoms with Crippen molar-refractivity contribution in [1.29, 1.82) is 0 Å². The number of hydrogen-bond donors (Lipinski definition) is 0. The quantitative estimate of drug-likeness (QED) is 0.633. The van der Waals surface area contributed by atoms with Gasteiger partial charge in [0.05, 0.1) is 0 Å². The zero-order chi connectivity index (χ0) is 9.90. The maximum Gasteiger partial charge on any atom is 0.00504 e. The molecule has 1 fully saturated rings. The van der Waals surface area contributed by atoms with Crippen molar-refractivity contribution in [3.63, 3.8) is 0 Å². The molecule has 1 unspecified atom stereocenters. The van der Waals surface area contributed by atoms with Crippen molar-refractivity contribution in [2.45, 2.75) is 47.0 Å². The van der Waals surface area contributed by atoms with Crippen LogP contribution in [-0.4, -0.2) is 24.5 Å². The lowest BCUT2D eigenvalue weighted by Gasteiger charge is -2.51. The van der Waals surface area contributed by atoms with Gasteiger partial charge in [-0.05, 0) is 30.7 Å². The second-order valence-electron chi connectivity index (χ2n) is 4.87. The van der Waals surface area contributed by atoms with Crippen LogP contribution in [0.5, 0.6) is 0 Å². The zero-order valence-corrected chi connectivity index (χ0v) is 9.77. The van der Waals surface area contributed by atoms with Crippen molar-refractivity contribution in [2.24, 2.45) is 11.3 Å². The number of rotatable bonds is 5. The van der Waals surface area contributed by atoms with Crippen LogP contribution in [0.1, 0.15) is 47.0 Å². The predicted octanol–water partition coefficient (Wildman–Crippen LogP) is 3.15. The van der Waals surface area contributed by atoms with E-state index in [9.17, 15) is 0 Å². The highest BCUT2D eigenvalue weighted by atomic mass is 15.2. The van der Waals surface area contributed by atoms with Gasteiger partial charge in [-0.3, -0.25) is 0 Å². The van der Waals surface area contributed by atoms with Crippen molar-refractivity contribution in [3.8, 4) is 0 Å². The second kappa shape index (κ2) is 4.45. The highest BCUT2D eigenvalue weighted by Gasteiger charge is 2.40. The van der Waals surface area contributed by atoms with Gasteiger partial charge < -0.3 is 4.90 Å². The molecule has 1 atom stereocenters. The summed E-state index contributed by atoms with van der Waals surface area (Å²) in [7, 11) is 0. The number of nitrogens with zero attached hydrogens (tertiary/aromatic N) is 1. The Morgan fingerprint density at radius 2 is 1.85 bits per heavy atom. The van der Waals surface area contributed by atoms with Crippen molar-refractivity contribution in [1.82, 2.24) is 4.90 Å². The van der Waals surface area contributed by atoms with E-state index in [1.165, 1.54) is 38.9 Å². The van der Waals surface area contributed by atoms with E-state index in [-0.39, 0.29) is 0 Å². The maximum atomic E-state index is 2.56. The van der Waals surface area contributed by atoms with Crippen molar-refractivity contribution in [2.75, 3.05) is 19.6 Å². The Morgan fingerprint density at radius 1 is 1.23 bits per heavy atom. The van der Waals surface area contributed by atoms with Crippen LogP contribution in [0, 0.1) is 11.3 Å². The molecule has 1 aliphatic rings. The molecule has 0 aromatic carbocycles. The fourth-order valence-electron chi connectivity index (χ4n) is 2.51. The summed E-state index contributed by atoms with van der Waals surface area (Å²) in [6.45, 7) is 13.3. The minimum absolute atomic E-state index is 0.686. The largest absolute Gasteiger partial charge is 0.302 e. The van der Waals surface area contributed by atoms with Gasteiger partial charge in [-0.15, -0.1) is 0 Å². The molecule has 1 heterocycles. The normalized spacial score (nSPS) is 24.0. The smallest absolute Gasteiger partial charge is 0.00504 e.